The fraction of sp³-hybridized carbons (Fsp3) is 0.370. The van der Waals surface area contributed by atoms with Crippen molar-refractivity contribution in [1.82, 2.24) is 19.7 Å². The fourth-order valence-electron chi connectivity index (χ4n) is 4.70. The average Bonchev–Trinajstić information content (AvgIpc) is 3.46. The lowest BCUT2D eigenvalue weighted by Gasteiger charge is -2.32. The second-order valence-electron chi connectivity index (χ2n) is 9.29. The zero-order valence-corrected chi connectivity index (χ0v) is 19.3. The number of piperidine rings is 1. The number of para-hydroxylation sites is 1. The first-order valence-electron chi connectivity index (χ1n) is 11.8. The van der Waals surface area contributed by atoms with E-state index < -0.39 is 0 Å². The van der Waals surface area contributed by atoms with Crippen molar-refractivity contribution in [3.05, 3.63) is 72.1 Å². The third kappa shape index (κ3) is 4.56. The van der Waals surface area contributed by atoms with Gasteiger partial charge in [-0.2, -0.15) is 0 Å². The van der Waals surface area contributed by atoms with Gasteiger partial charge in [0.1, 0.15) is 12.2 Å². The topological polar surface area (TPSA) is 64.2 Å². The van der Waals surface area contributed by atoms with Gasteiger partial charge in [-0.15, -0.1) is 10.2 Å². The van der Waals surface area contributed by atoms with Crippen molar-refractivity contribution in [2.45, 2.75) is 45.6 Å². The predicted molar refractivity (Wildman–Crippen MR) is 129 cm³/mol. The Labute approximate surface area is 194 Å². The number of amides is 1. The number of carbonyl (C=O) groups excluding carboxylic acids is 1. The molecule has 4 aromatic rings. The van der Waals surface area contributed by atoms with Crippen LogP contribution in [-0.4, -0.2) is 38.7 Å². The lowest BCUT2D eigenvalue weighted by molar-refractivity contribution is -0.133. The molecule has 6 nitrogen and oxygen atoms in total. The van der Waals surface area contributed by atoms with Gasteiger partial charge in [-0.05, 0) is 42.9 Å². The molecule has 0 unspecified atom stereocenters. The van der Waals surface area contributed by atoms with Crippen molar-refractivity contribution >= 4 is 16.8 Å². The van der Waals surface area contributed by atoms with Crippen molar-refractivity contribution in [3.63, 3.8) is 0 Å². The molecule has 33 heavy (non-hydrogen) atoms. The summed E-state index contributed by atoms with van der Waals surface area (Å²) in [6.07, 6.45) is 3.17. The van der Waals surface area contributed by atoms with Crippen LogP contribution in [0.4, 0.5) is 0 Å². The molecular formula is C27H30N4O2. The number of fused-ring (bicyclic) bond motifs is 1. The summed E-state index contributed by atoms with van der Waals surface area (Å²) < 4.78 is 7.95. The van der Waals surface area contributed by atoms with E-state index in [2.05, 4.69) is 46.6 Å². The molecular weight excluding hydrogens is 412 g/mol. The first-order chi connectivity index (χ1) is 16.1. The van der Waals surface area contributed by atoms with Gasteiger partial charge in [0, 0.05) is 29.9 Å². The van der Waals surface area contributed by atoms with Crippen molar-refractivity contribution in [1.29, 1.82) is 0 Å². The van der Waals surface area contributed by atoms with Crippen molar-refractivity contribution in [3.8, 4) is 11.6 Å². The van der Waals surface area contributed by atoms with Gasteiger partial charge in [-0.1, -0.05) is 62.4 Å². The summed E-state index contributed by atoms with van der Waals surface area (Å²) in [6.45, 7) is 5.94. The number of carbonyl (C=O) groups is 1. The summed E-state index contributed by atoms with van der Waals surface area (Å²) in [6, 6.07) is 20.8. The van der Waals surface area contributed by atoms with E-state index in [1.165, 1.54) is 5.56 Å². The fourth-order valence-corrected chi connectivity index (χ4v) is 4.70. The third-order valence-electron chi connectivity index (χ3n) is 6.59. The molecule has 1 aliphatic rings. The van der Waals surface area contributed by atoms with Crippen LogP contribution in [0, 0.1) is 5.92 Å². The summed E-state index contributed by atoms with van der Waals surface area (Å²) in [5.74, 6) is 1.99. The van der Waals surface area contributed by atoms with E-state index in [1.807, 2.05) is 47.6 Å². The molecule has 6 heteroatoms. The van der Waals surface area contributed by atoms with Crippen LogP contribution >= 0.6 is 0 Å². The quantitative estimate of drug-likeness (QED) is 0.407. The summed E-state index contributed by atoms with van der Waals surface area (Å²) >= 11 is 0. The lowest BCUT2D eigenvalue weighted by Crippen LogP contribution is -2.40. The van der Waals surface area contributed by atoms with E-state index in [0.29, 0.717) is 17.7 Å². The van der Waals surface area contributed by atoms with Crippen LogP contribution in [0.15, 0.2) is 65.1 Å². The summed E-state index contributed by atoms with van der Waals surface area (Å²) in [5.41, 5.74) is 3.18. The van der Waals surface area contributed by atoms with Crippen LogP contribution in [0.5, 0.6) is 0 Å². The molecule has 1 saturated heterocycles. The van der Waals surface area contributed by atoms with Crippen LogP contribution in [0.3, 0.4) is 0 Å². The second-order valence-corrected chi connectivity index (χ2v) is 9.29. The second kappa shape index (κ2) is 9.22. The van der Waals surface area contributed by atoms with Crippen LogP contribution in [-0.2, 0) is 17.8 Å². The Morgan fingerprint density at radius 1 is 1.03 bits per heavy atom. The molecule has 0 saturated carbocycles. The number of nitrogens with zero attached hydrogens (tertiary/aromatic N) is 4. The van der Waals surface area contributed by atoms with E-state index in [4.69, 9.17) is 4.42 Å². The molecule has 0 aliphatic carbocycles. The minimum atomic E-state index is 0.138. The number of likely N-dealkylation sites (tertiary alicyclic amines) is 1. The third-order valence-corrected chi connectivity index (χ3v) is 6.59. The predicted octanol–water partition coefficient (Wildman–Crippen LogP) is 5.30. The SMILES string of the molecule is CC(C)c1nnc(-c2cc3ccccc3n2CC(=O)N2CCC(Cc3ccccc3)CC2)o1. The Kier molecular flexibility index (Phi) is 5.99. The molecule has 1 aliphatic heterocycles. The first-order valence-corrected chi connectivity index (χ1v) is 11.8. The minimum absolute atomic E-state index is 0.138. The Morgan fingerprint density at radius 2 is 1.76 bits per heavy atom. The normalized spacial score (nSPS) is 14.9. The molecule has 5 rings (SSSR count). The number of rotatable bonds is 6. The number of benzene rings is 2. The number of hydrogen-bond acceptors (Lipinski definition) is 4. The van der Waals surface area contributed by atoms with Gasteiger partial charge < -0.3 is 13.9 Å². The summed E-state index contributed by atoms with van der Waals surface area (Å²) in [4.78, 5) is 15.3. The van der Waals surface area contributed by atoms with Gasteiger partial charge >= 0.3 is 0 Å². The largest absolute Gasteiger partial charge is 0.419 e. The van der Waals surface area contributed by atoms with Crippen LogP contribution in [0.1, 0.15) is 44.1 Å². The molecule has 0 atom stereocenters. The Morgan fingerprint density at radius 3 is 2.48 bits per heavy atom. The molecule has 0 spiro atoms. The highest BCUT2D eigenvalue weighted by molar-refractivity contribution is 5.88. The molecule has 170 valence electrons. The Hall–Kier alpha value is -3.41. The molecule has 0 bridgehead atoms. The van der Waals surface area contributed by atoms with Crippen LogP contribution in [0.25, 0.3) is 22.5 Å². The average molecular weight is 443 g/mol. The van der Waals surface area contributed by atoms with E-state index in [0.717, 1.165) is 48.9 Å². The maximum atomic E-state index is 13.3. The van der Waals surface area contributed by atoms with Gasteiger partial charge in [0.2, 0.25) is 11.8 Å². The Balaban J connectivity index is 1.32. The highest BCUT2D eigenvalue weighted by atomic mass is 16.4. The number of hydrogen-bond donors (Lipinski definition) is 0. The number of aromatic nitrogens is 3. The van der Waals surface area contributed by atoms with E-state index >= 15 is 0 Å². The zero-order chi connectivity index (χ0) is 22.8. The lowest BCUT2D eigenvalue weighted by atomic mass is 9.90. The van der Waals surface area contributed by atoms with Gasteiger partial charge in [-0.25, -0.2) is 0 Å². The van der Waals surface area contributed by atoms with Gasteiger partial charge in [0.05, 0.1) is 0 Å². The molecule has 0 N–H and O–H groups in total. The molecule has 1 fully saturated rings. The molecule has 3 heterocycles. The van der Waals surface area contributed by atoms with Gasteiger partial charge in [-0.3, -0.25) is 4.79 Å². The monoisotopic (exact) mass is 442 g/mol. The molecule has 2 aromatic carbocycles. The van der Waals surface area contributed by atoms with Crippen LogP contribution in [0.2, 0.25) is 0 Å². The van der Waals surface area contributed by atoms with Crippen molar-refractivity contribution < 1.29 is 9.21 Å². The molecule has 2 aromatic heterocycles. The zero-order valence-electron chi connectivity index (χ0n) is 19.3. The van der Waals surface area contributed by atoms with Gasteiger partial charge in [0.25, 0.3) is 5.89 Å². The van der Waals surface area contributed by atoms with Crippen molar-refractivity contribution in [2.24, 2.45) is 5.92 Å². The minimum Gasteiger partial charge on any atom is -0.419 e. The molecule has 1 amide bonds. The highest BCUT2D eigenvalue weighted by Gasteiger charge is 2.25. The maximum absolute atomic E-state index is 13.3. The van der Waals surface area contributed by atoms with Crippen molar-refractivity contribution in [2.75, 3.05) is 13.1 Å². The van der Waals surface area contributed by atoms with Gasteiger partial charge in [0.15, 0.2) is 0 Å². The Bertz CT molecular complexity index is 1230. The molecule has 0 radical (unpaired) electrons. The standard InChI is InChI=1S/C27H30N4O2/c1-19(2)26-28-29-27(33-26)24-17-22-10-6-7-11-23(22)31(24)18-25(32)30-14-12-21(13-15-30)16-20-8-4-3-5-9-20/h3-11,17,19,21H,12-16,18H2,1-2H3. The van der Waals surface area contributed by atoms with E-state index in [-0.39, 0.29) is 18.4 Å². The van der Waals surface area contributed by atoms with Crippen LogP contribution < -0.4 is 0 Å². The van der Waals surface area contributed by atoms with E-state index in [1.54, 1.807) is 0 Å². The van der Waals surface area contributed by atoms with E-state index in [9.17, 15) is 4.79 Å². The summed E-state index contributed by atoms with van der Waals surface area (Å²) in [7, 11) is 0. The highest BCUT2D eigenvalue weighted by Crippen LogP contribution is 2.29. The smallest absolute Gasteiger partial charge is 0.264 e. The maximum Gasteiger partial charge on any atom is 0.264 e. The summed E-state index contributed by atoms with van der Waals surface area (Å²) in [5, 5.41) is 9.52. The first kappa shape index (κ1) is 21.4.